The molecule has 4 aliphatic heterocycles. The summed E-state index contributed by atoms with van der Waals surface area (Å²) < 4.78 is 49.1. The van der Waals surface area contributed by atoms with Crippen molar-refractivity contribution in [2.75, 3.05) is 26.4 Å². The standard InChI is InChI=1S/C56H96O22/c1-24(27-17-18-54(8)34-14-12-28-29(56(34,10)35(60)19-55(27,54)9)13-16-36(52(28,4)5)76-49-45(68)43(66)41(64)31(21-58)73-49)11-15-37(53(6,7)70)77-51-47(78-50-46(69)44(67)42(65)32(22-59)74-50)39(62)25(2)33(75-51)23-71-48-40(63)26(3)38(61)30(20-57)72-48/h12,24-27,29-51,57-70H,11,13-23H2,1-10H3/t24-,25-,26+,27?,29?,30-,31-,32+,33-,34?,35-,36+,37-,38+,39+,40-,41-,42+,43+,44-,45-,46+,47-,48-,49+,50-,51+,54+,55-,56+/m1/s1. The van der Waals surface area contributed by atoms with Crippen molar-refractivity contribution in [2.24, 2.45) is 57.2 Å². The zero-order valence-corrected chi connectivity index (χ0v) is 47.2. The topological polar surface area (TPSA) is 357 Å². The summed E-state index contributed by atoms with van der Waals surface area (Å²) >= 11 is 0. The number of hydrogen-bond donors (Lipinski definition) is 14. The fourth-order valence-electron chi connectivity index (χ4n) is 16.0. The van der Waals surface area contributed by atoms with E-state index in [9.17, 15) is 71.5 Å². The minimum Gasteiger partial charge on any atom is -0.394 e. The van der Waals surface area contributed by atoms with Crippen molar-refractivity contribution >= 4 is 0 Å². The maximum Gasteiger partial charge on any atom is 0.187 e. The van der Waals surface area contributed by atoms with Crippen molar-refractivity contribution < 1.29 is 109 Å². The third-order valence-corrected chi connectivity index (χ3v) is 21.6. The summed E-state index contributed by atoms with van der Waals surface area (Å²) in [6.45, 7) is 17.7. The Labute approximate surface area is 458 Å². The van der Waals surface area contributed by atoms with Crippen LogP contribution in [-0.2, 0) is 37.9 Å². The molecule has 3 saturated carbocycles. The van der Waals surface area contributed by atoms with Crippen LogP contribution in [0.15, 0.2) is 11.6 Å². The van der Waals surface area contributed by atoms with Gasteiger partial charge in [-0.1, -0.05) is 67.0 Å². The summed E-state index contributed by atoms with van der Waals surface area (Å²) in [5.74, 6) is -1.13. The van der Waals surface area contributed by atoms with E-state index in [2.05, 4.69) is 47.6 Å². The Hall–Kier alpha value is -1.14. The van der Waals surface area contributed by atoms with Crippen LogP contribution in [0.25, 0.3) is 0 Å². The number of aliphatic hydroxyl groups excluding tert-OH is 13. The van der Waals surface area contributed by atoms with Gasteiger partial charge in [-0.05, 0) is 99.7 Å². The van der Waals surface area contributed by atoms with E-state index in [0.717, 1.165) is 19.3 Å². The second-order valence-corrected chi connectivity index (χ2v) is 26.6. The lowest BCUT2D eigenvalue weighted by Gasteiger charge is -2.67. The van der Waals surface area contributed by atoms with Crippen LogP contribution in [0.4, 0.5) is 0 Å². The molecule has 4 saturated heterocycles. The molecule has 7 fully saturated rings. The maximum absolute atomic E-state index is 12.7. The summed E-state index contributed by atoms with van der Waals surface area (Å²) in [6.07, 6.45) is -19.7. The fourth-order valence-corrected chi connectivity index (χ4v) is 16.0. The number of hydrogen-bond acceptors (Lipinski definition) is 22. The first-order valence-corrected chi connectivity index (χ1v) is 28.7. The first-order chi connectivity index (χ1) is 36.4. The normalized spacial score (nSPS) is 51.4. The van der Waals surface area contributed by atoms with Crippen molar-refractivity contribution in [2.45, 2.75) is 255 Å². The van der Waals surface area contributed by atoms with Crippen LogP contribution < -0.4 is 0 Å². The average Bonchev–Trinajstić information content (AvgIpc) is 3.37. The van der Waals surface area contributed by atoms with Gasteiger partial charge in [-0.3, -0.25) is 0 Å². The van der Waals surface area contributed by atoms with Gasteiger partial charge in [0, 0.05) is 22.7 Å². The van der Waals surface area contributed by atoms with Crippen LogP contribution in [0.3, 0.4) is 0 Å². The Morgan fingerprint density at radius 1 is 0.615 bits per heavy atom. The molecule has 14 N–H and O–H groups in total. The largest absolute Gasteiger partial charge is 0.394 e. The Balaban J connectivity index is 0.987. The lowest BCUT2D eigenvalue weighted by atomic mass is 9.38. The van der Waals surface area contributed by atoms with Crippen molar-refractivity contribution in [3.05, 3.63) is 11.6 Å². The van der Waals surface area contributed by atoms with Crippen LogP contribution in [0.2, 0.25) is 0 Å². The second kappa shape index (κ2) is 23.7. The molecule has 78 heavy (non-hydrogen) atoms. The zero-order valence-electron chi connectivity index (χ0n) is 47.2. The predicted octanol–water partition coefficient (Wildman–Crippen LogP) is -0.681. The van der Waals surface area contributed by atoms with E-state index in [1.165, 1.54) is 5.57 Å². The van der Waals surface area contributed by atoms with E-state index in [0.29, 0.717) is 32.1 Å². The molecule has 22 heteroatoms. The van der Waals surface area contributed by atoms with Gasteiger partial charge in [0.25, 0.3) is 0 Å². The molecular formula is C56H96O22. The molecule has 452 valence electrons. The first kappa shape index (κ1) is 62.9. The van der Waals surface area contributed by atoms with Gasteiger partial charge in [0.1, 0.15) is 67.1 Å². The maximum atomic E-state index is 12.7. The molecule has 0 amide bonds. The number of ether oxygens (including phenoxy) is 8. The van der Waals surface area contributed by atoms with Crippen LogP contribution in [0.5, 0.6) is 0 Å². The molecule has 0 spiro atoms. The van der Waals surface area contributed by atoms with E-state index in [-0.39, 0.29) is 41.1 Å². The van der Waals surface area contributed by atoms with Gasteiger partial charge in [-0.25, -0.2) is 0 Å². The Morgan fingerprint density at radius 2 is 1.17 bits per heavy atom. The van der Waals surface area contributed by atoms with Gasteiger partial charge in [0.15, 0.2) is 25.2 Å². The number of aliphatic hydroxyl groups is 14. The molecule has 0 aromatic heterocycles. The highest BCUT2D eigenvalue weighted by Gasteiger charge is 2.70. The number of fused-ring (bicyclic) bond motifs is 5. The Bertz CT molecular complexity index is 2020. The molecule has 0 bridgehead atoms. The quantitative estimate of drug-likeness (QED) is 0.0802. The summed E-state index contributed by atoms with van der Waals surface area (Å²) in [6, 6.07) is 0. The Morgan fingerprint density at radius 3 is 1.74 bits per heavy atom. The van der Waals surface area contributed by atoms with Gasteiger partial charge in [-0.15, -0.1) is 0 Å². The number of rotatable bonds is 17. The van der Waals surface area contributed by atoms with Crippen molar-refractivity contribution in [3.8, 4) is 0 Å². The van der Waals surface area contributed by atoms with Crippen LogP contribution in [-0.4, -0.2) is 232 Å². The van der Waals surface area contributed by atoms with E-state index < -0.39 is 177 Å². The van der Waals surface area contributed by atoms with E-state index in [4.69, 9.17) is 37.9 Å². The third-order valence-electron chi connectivity index (χ3n) is 21.6. The lowest BCUT2D eigenvalue weighted by Crippen LogP contribution is -2.65. The average molecular weight is 1120 g/mol. The molecule has 0 aromatic carbocycles. The molecule has 8 rings (SSSR count). The molecule has 4 aliphatic carbocycles. The molecular weight excluding hydrogens is 1020 g/mol. The van der Waals surface area contributed by atoms with Crippen molar-refractivity contribution in [1.82, 2.24) is 0 Å². The van der Waals surface area contributed by atoms with E-state index in [1.54, 1.807) is 27.7 Å². The molecule has 22 nitrogen and oxygen atoms in total. The molecule has 4 heterocycles. The van der Waals surface area contributed by atoms with Gasteiger partial charge >= 0.3 is 0 Å². The lowest BCUT2D eigenvalue weighted by molar-refractivity contribution is -0.375. The van der Waals surface area contributed by atoms with E-state index >= 15 is 0 Å². The molecule has 0 radical (unpaired) electrons. The molecule has 0 aromatic rings. The molecule has 30 atom stereocenters. The molecule has 8 aliphatic rings. The smallest absolute Gasteiger partial charge is 0.187 e. The van der Waals surface area contributed by atoms with Gasteiger partial charge in [0.05, 0.1) is 68.7 Å². The van der Waals surface area contributed by atoms with Gasteiger partial charge in [0.2, 0.25) is 0 Å². The minimum atomic E-state index is -1.82. The zero-order chi connectivity index (χ0) is 57.5. The van der Waals surface area contributed by atoms with Crippen LogP contribution >= 0.6 is 0 Å². The van der Waals surface area contributed by atoms with Gasteiger partial charge < -0.3 is 109 Å². The number of allylic oxidation sites excluding steroid dienone is 1. The second-order valence-electron chi connectivity index (χ2n) is 26.6. The highest BCUT2D eigenvalue weighted by atomic mass is 16.8. The monoisotopic (exact) mass is 1120 g/mol. The summed E-state index contributed by atoms with van der Waals surface area (Å²) in [7, 11) is 0. The van der Waals surface area contributed by atoms with Crippen LogP contribution in [0.1, 0.15) is 121 Å². The summed E-state index contributed by atoms with van der Waals surface area (Å²) in [5.41, 5.74) is -1.83. The molecule has 3 unspecified atom stereocenters. The summed E-state index contributed by atoms with van der Waals surface area (Å²) in [5, 5.41) is 152. The van der Waals surface area contributed by atoms with Gasteiger partial charge in [-0.2, -0.15) is 0 Å². The Kier molecular flexibility index (Phi) is 19.1. The minimum absolute atomic E-state index is 0.0325. The highest BCUT2D eigenvalue weighted by molar-refractivity contribution is 5.32. The summed E-state index contributed by atoms with van der Waals surface area (Å²) in [4.78, 5) is 0. The SMILES string of the molecule is C[C@@H]1[C@@H](O)[C@H](OC[C@H]2O[C@@H](O[C@H](CC[C@@H](C)C3CC[C@@]4(C)C5CC=C6C(CC[C@H](O[C@@H]7O[C@H](CO)[C@@H](O)[C@H](O)[C@H]7O)C6(C)C)[C@]5(C)[C@H](O)C[C@]34C)C(C)(C)O)[C@H](O[C@H]3O[C@@H](CO)[C@H](O)[C@@H](O)[C@@H]3O)[C@@H](O)[C@@H]2C)O[C@H](CO)[C@H]1O. The third kappa shape index (κ3) is 11.0. The predicted molar refractivity (Wildman–Crippen MR) is 274 cm³/mol. The fraction of sp³-hybridized carbons (Fsp3) is 0.964. The highest BCUT2D eigenvalue weighted by Crippen LogP contribution is 2.75. The van der Waals surface area contributed by atoms with Crippen LogP contribution in [0, 0.1) is 57.2 Å². The van der Waals surface area contributed by atoms with E-state index in [1.807, 2.05) is 0 Å². The van der Waals surface area contributed by atoms with Crippen molar-refractivity contribution in [3.63, 3.8) is 0 Å². The van der Waals surface area contributed by atoms with Crippen molar-refractivity contribution in [1.29, 1.82) is 0 Å². The first-order valence-electron chi connectivity index (χ1n) is 28.7.